The number of hydrogen-bond acceptors (Lipinski definition) is 0. The van der Waals surface area contributed by atoms with E-state index in [9.17, 15) is 0 Å². The Morgan fingerprint density at radius 3 is 1.08 bits per heavy atom. The molecule has 0 spiro atoms. The Morgan fingerprint density at radius 1 is 0.653 bits per heavy atom. The Kier molecular flexibility index (Phi) is 77.7. The smallest absolute Gasteiger partial charge is 0.0256 e. The second-order valence-corrected chi connectivity index (χ2v) is 13.8. The minimum Gasteiger partial charge on any atom is -0.103 e. The van der Waals surface area contributed by atoms with E-state index in [1.54, 1.807) is 6.08 Å². The first-order valence-corrected chi connectivity index (χ1v) is 19.7. The Bertz CT molecular complexity index is 774. The molecule has 0 radical (unpaired) electrons. The predicted octanol–water partition coefficient (Wildman–Crippen LogP) is 19.0. The van der Waals surface area contributed by atoms with E-state index in [4.69, 9.17) is 0 Å². The molecule has 0 heteroatoms. The third-order valence-electron chi connectivity index (χ3n) is 6.62. The van der Waals surface area contributed by atoms with Crippen LogP contribution in [0.2, 0.25) is 0 Å². The summed E-state index contributed by atoms with van der Waals surface area (Å²) in [5.74, 6) is 2.44. The van der Waals surface area contributed by atoms with Crippen molar-refractivity contribution in [2.75, 3.05) is 0 Å². The lowest BCUT2D eigenvalue weighted by Gasteiger charge is -2.27. The van der Waals surface area contributed by atoms with Crippen LogP contribution in [0.25, 0.3) is 0 Å². The molecule has 0 aliphatic heterocycles. The highest BCUT2D eigenvalue weighted by molar-refractivity contribution is 5.38. The quantitative estimate of drug-likeness (QED) is 0.158. The summed E-state index contributed by atoms with van der Waals surface area (Å²) in [4.78, 5) is 0. The largest absolute Gasteiger partial charge is 0.103 e. The Morgan fingerprint density at radius 2 is 0.980 bits per heavy atom. The first kappa shape index (κ1) is 68.8. The molecular formula is C49H100. The van der Waals surface area contributed by atoms with Gasteiger partial charge >= 0.3 is 0 Å². The highest BCUT2D eigenvalue weighted by Crippen LogP contribution is 2.28. The van der Waals surface area contributed by atoms with Crippen molar-refractivity contribution in [1.82, 2.24) is 0 Å². The van der Waals surface area contributed by atoms with Crippen molar-refractivity contribution >= 4 is 0 Å². The van der Waals surface area contributed by atoms with Gasteiger partial charge in [0.2, 0.25) is 0 Å². The second-order valence-electron chi connectivity index (χ2n) is 13.8. The van der Waals surface area contributed by atoms with Crippen molar-refractivity contribution in [3.8, 4) is 0 Å². The highest BCUT2D eigenvalue weighted by Gasteiger charge is 2.18. The van der Waals surface area contributed by atoms with Crippen LogP contribution >= 0.6 is 0 Å². The van der Waals surface area contributed by atoms with Crippen molar-refractivity contribution in [1.29, 1.82) is 0 Å². The van der Waals surface area contributed by atoms with Gasteiger partial charge in [-0.15, -0.1) is 13.2 Å². The van der Waals surface area contributed by atoms with E-state index in [1.165, 1.54) is 42.4 Å². The van der Waals surface area contributed by atoms with Gasteiger partial charge < -0.3 is 0 Å². The number of rotatable bonds is 10. The summed E-state index contributed by atoms with van der Waals surface area (Å²) >= 11 is 0. The van der Waals surface area contributed by atoms with E-state index in [-0.39, 0.29) is 0 Å². The molecule has 0 rings (SSSR count). The maximum atomic E-state index is 3.96. The summed E-state index contributed by atoms with van der Waals surface area (Å²) in [5.41, 5.74) is 7.65. The van der Waals surface area contributed by atoms with Crippen LogP contribution in [0, 0.1) is 23.2 Å². The molecule has 0 fully saturated rings. The molecule has 0 saturated carbocycles. The normalized spacial score (nSPS) is 9.20. The molecule has 0 aromatic heterocycles. The molecule has 0 N–H and O–H groups in total. The molecule has 296 valence electrons. The number of hydrogen-bond donors (Lipinski definition) is 0. The minimum atomic E-state index is 0.542. The van der Waals surface area contributed by atoms with E-state index >= 15 is 0 Å². The van der Waals surface area contributed by atoms with Crippen LogP contribution in [0.3, 0.4) is 0 Å². The zero-order valence-electron chi connectivity index (χ0n) is 39.2. The molecule has 0 nitrogen and oxygen atoms in total. The average molecular weight is 689 g/mol. The molecular weight excluding hydrogens is 589 g/mol. The lowest BCUT2D eigenvalue weighted by atomic mass is 9.79. The maximum absolute atomic E-state index is 3.96. The average Bonchev–Trinajstić information content (AvgIpc) is 3.01. The molecule has 0 bridgehead atoms. The lowest BCUT2D eigenvalue weighted by molar-refractivity contribution is 0.240. The van der Waals surface area contributed by atoms with Crippen molar-refractivity contribution in [3.05, 3.63) is 96.7 Å². The van der Waals surface area contributed by atoms with Crippen LogP contribution in [-0.4, -0.2) is 0 Å². The monoisotopic (exact) mass is 689 g/mol. The van der Waals surface area contributed by atoms with Gasteiger partial charge in [-0.1, -0.05) is 209 Å². The molecule has 49 heavy (non-hydrogen) atoms. The molecule has 0 aromatic rings. The van der Waals surface area contributed by atoms with Crippen LogP contribution in [0.1, 0.15) is 198 Å². The van der Waals surface area contributed by atoms with Gasteiger partial charge in [-0.3, -0.25) is 0 Å². The summed E-state index contributed by atoms with van der Waals surface area (Å²) < 4.78 is 0. The van der Waals surface area contributed by atoms with E-state index < -0.39 is 0 Å². The Labute approximate surface area is 317 Å². The third kappa shape index (κ3) is 92.7. The van der Waals surface area contributed by atoms with Gasteiger partial charge in [-0.25, -0.2) is 0 Å². The predicted molar refractivity (Wildman–Crippen MR) is 244 cm³/mol. The summed E-state index contributed by atoms with van der Waals surface area (Å²) in [6, 6.07) is 0. The molecule has 0 unspecified atom stereocenters. The fraction of sp³-hybridized carbons (Fsp3) is 0.673. The minimum absolute atomic E-state index is 0.542. The van der Waals surface area contributed by atoms with Gasteiger partial charge in [0.05, 0.1) is 0 Å². The first-order valence-electron chi connectivity index (χ1n) is 19.7. The summed E-state index contributed by atoms with van der Waals surface area (Å²) in [6.07, 6.45) is 16.3. The van der Waals surface area contributed by atoms with Crippen LogP contribution in [-0.2, 0) is 0 Å². The van der Waals surface area contributed by atoms with Crippen molar-refractivity contribution in [2.45, 2.75) is 198 Å². The van der Waals surface area contributed by atoms with Crippen molar-refractivity contribution in [2.24, 2.45) is 23.2 Å². The second kappa shape index (κ2) is 55.3. The standard InChI is InChI=1S/C15H24.C8H18.C6H10.C6H14.C4H8.C3H8.C3H6.2C2H6/c1-11(2)10-15(13(5)6)9-8-14(7)12(3)4;1-6-8(4,5)7(2)3;1-4-5-6(2)3;1-4-6(3)5-2;1-4(2)3;2*1-3-2;2*1-2/h8-9,11H,3,7,10H2,1-2,4-6H3;7H,6H2,1-5H3;4-5H,2H2,1,3H3;6H,4-5H2,1-3H3;1H2,2-3H3;3H2,1-2H3;3H,1H2,2H3;2*1-2H3/b9-8-;;5-4-;;;;;;. The Hall–Kier alpha value is -2.08. The zero-order valence-corrected chi connectivity index (χ0v) is 39.2. The van der Waals surface area contributed by atoms with Gasteiger partial charge in [-0.2, -0.15) is 0 Å². The number of allylic oxidation sites excluding steroid dienone is 11. The van der Waals surface area contributed by atoms with Gasteiger partial charge in [-0.05, 0) is 96.1 Å². The maximum Gasteiger partial charge on any atom is -0.0256 e. The summed E-state index contributed by atoms with van der Waals surface area (Å²) in [5, 5.41) is 0. The van der Waals surface area contributed by atoms with Gasteiger partial charge in [0.15, 0.2) is 0 Å². The van der Waals surface area contributed by atoms with Crippen LogP contribution in [0.4, 0.5) is 0 Å². The van der Waals surface area contributed by atoms with E-state index in [0.29, 0.717) is 11.3 Å². The van der Waals surface area contributed by atoms with Gasteiger partial charge in [0.1, 0.15) is 0 Å². The van der Waals surface area contributed by atoms with Crippen LogP contribution in [0.5, 0.6) is 0 Å². The van der Waals surface area contributed by atoms with Crippen molar-refractivity contribution in [3.63, 3.8) is 0 Å². The summed E-state index contributed by atoms with van der Waals surface area (Å²) in [7, 11) is 0. The van der Waals surface area contributed by atoms with Gasteiger partial charge in [0, 0.05) is 0 Å². The highest BCUT2D eigenvalue weighted by atomic mass is 14.2. The fourth-order valence-electron chi connectivity index (χ4n) is 2.20. The van der Waals surface area contributed by atoms with Crippen molar-refractivity contribution < 1.29 is 0 Å². The molecule has 0 atom stereocenters. The van der Waals surface area contributed by atoms with Crippen LogP contribution in [0.15, 0.2) is 96.7 Å². The van der Waals surface area contributed by atoms with Crippen LogP contribution < -0.4 is 0 Å². The van der Waals surface area contributed by atoms with E-state index in [2.05, 4.69) is 142 Å². The molecule has 0 aliphatic carbocycles. The van der Waals surface area contributed by atoms with Gasteiger partial charge in [0.25, 0.3) is 0 Å². The lowest BCUT2D eigenvalue weighted by Crippen LogP contribution is -2.17. The molecule has 0 amide bonds. The fourth-order valence-corrected chi connectivity index (χ4v) is 2.20. The molecule has 0 aromatic carbocycles. The zero-order chi connectivity index (χ0) is 41.8. The Balaban J connectivity index is -0.0000000578. The molecule has 0 heterocycles. The van der Waals surface area contributed by atoms with E-state index in [1.807, 2.05) is 81.4 Å². The third-order valence-corrected chi connectivity index (χ3v) is 6.62. The molecule has 0 saturated heterocycles. The SMILES string of the molecule is C=C(C)/C=C\C.C=C(C)C.C=C(C)C(=C)/C=C\C(CC(C)C)=C(C)C.C=CC.CC.CC.CCC.CCC(C)(C)C(C)C.CCC(C)CC. The summed E-state index contributed by atoms with van der Waals surface area (Å²) in [6.45, 7) is 69.4. The topological polar surface area (TPSA) is 0 Å². The van der Waals surface area contributed by atoms with E-state index in [0.717, 1.165) is 35.0 Å². The molecule has 0 aliphatic rings. The first-order chi connectivity index (χ1) is 22.5.